The average Bonchev–Trinajstić information content (AvgIpc) is 2.84. The number of hydrogen-bond acceptors (Lipinski definition) is 2. The SMILES string of the molecule is CCNC(Cc1ccc(C(C)(C)C)cc1)c1csc(I)c1. The topological polar surface area (TPSA) is 12.0 Å². The van der Waals surface area contributed by atoms with Crippen LogP contribution in [0.15, 0.2) is 35.7 Å². The third-order valence-electron chi connectivity index (χ3n) is 3.70. The van der Waals surface area contributed by atoms with Gasteiger partial charge in [0.2, 0.25) is 0 Å². The minimum Gasteiger partial charge on any atom is -0.310 e. The third-order valence-corrected chi connectivity index (χ3v) is 5.51. The highest BCUT2D eigenvalue weighted by Crippen LogP contribution is 2.27. The van der Waals surface area contributed by atoms with Crippen molar-refractivity contribution >= 4 is 33.9 Å². The van der Waals surface area contributed by atoms with Crippen molar-refractivity contribution in [3.8, 4) is 0 Å². The molecule has 0 saturated carbocycles. The van der Waals surface area contributed by atoms with Crippen LogP contribution in [0.2, 0.25) is 0 Å². The van der Waals surface area contributed by atoms with E-state index in [-0.39, 0.29) is 5.41 Å². The van der Waals surface area contributed by atoms with Crippen LogP contribution in [0.4, 0.5) is 0 Å². The molecule has 1 atom stereocenters. The molecular weight excluding hydrogens is 389 g/mol. The van der Waals surface area contributed by atoms with Crippen molar-refractivity contribution in [2.24, 2.45) is 0 Å². The largest absolute Gasteiger partial charge is 0.310 e. The molecule has 0 aliphatic carbocycles. The zero-order valence-corrected chi connectivity index (χ0v) is 16.2. The van der Waals surface area contributed by atoms with E-state index in [1.807, 2.05) is 11.3 Å². The zero-order chi connectivity index (χ0) is 15.5. The highest BCUT2D eigenvalue weighted by Gasteiger charge is 2.15. The maximum atomic E-state index is 3.61. The fourth-order valence-electron chi connectivity index (χ4n) is 2.44. The number of hydrogen-bond donors (Lipinski definition) is 1. The Balaban J connectivity index is 2.14. The van der Waals surface area contributed by atoms with Gasteiger partial charge in [0, 0.05) is 6.04 Å². The molecule has 1 aromatic carbocycles. The van der Waals surface area contributed by atoms with Crippen LogP contribution in [0.25, 0.3) is 0 Å². The molecule has 2 aromatic rings. The smallest absolute Gasteiger partial charge is 0.0656 e. The molecule has 2 rings (SSSR count). The van der Waals surface area contributed by atoms with Crippen LogP contribution in [0.3, 0.4) is 0 Å². The summed E-state index contributed by atoms with van der Waals surface area (Å²) in [5, 5.41) is 5.89. The second kappa shape index (κ2) is 7.25. The van der Waals surface area contributed by atoms with E-state index in [1.165, 1.54) is 19.6 Å². The maximum Gasteiger partial charge on any atom is 0.0656 e. The summed E-state index contributed by atoms with van der Waals surface area (Å²) in [7, 11) is 0. The van der Waals surface area contributed by atoms with Crippen LogP contribution in [0.1, 0.15) is 50.4 Å². The highest BCUT2D eigenvalue weighted by molar-refractivity contribution is 14.1. The quantitative estimate of drug-likeness (QED) is 0.635. The zero-order valence-electron chi connectivity index (χ0n) is 13.2. The van der Waals surface area contributed by atoms with Gasteiger partial charge in [-0.05, 0) is 69.1 Å². The molecule has 0 radical (unpaired) electrons. The van der Waals surface area contributed by atoms with Crippen molar-refractivity contribution in [3.63, 3.8) is 0 Å². The summed E-state index contributed by atoms with van der Waals surface area (Å²) in [5.41, 5.74) is 4.43. The Morgan fingerprint density at radius 1 is 1.19 bits per heavy atom. The summed E-state index contributed by atoms with van der Waals surface area (Å²) in [6.45, 7) is 9.95. The Bertz CT molecular complexity index is 566. The van der Waals surface area contributed by atoms with Gasteiger partial charge in [-0.15, -0.1) is 11.3 Å². The normalized spacial score (nSPS) is 13.4. The molecule has 0 amide bonds. The van der Waals surface area contributed by atoms with E-state index in [0.717, 1.165) is 13.0 Å². The van der Waals surface area contributed by atoms with Gasteiger partial charge in [0.15, 0.2) is 0 Å². The van der Waals surface area contributed by atoms with Gasteiger partial charge in [0.1, 0.15) is 0 Å². The first kappa shape index (κ1) is 17.0. The van der Waals surface area contributed by atoms with Crippen LogP contribution in [-0.4, -0.2) is 6.54 Å². The average molecular weight is 413 g/mol. The molecule has 1 nitrogen and oxygen atoms in total. The van der Waals surface area contributed by atoms with Gasteiger partial charge >= 0.3 is 0 Å². The molecule has 0 saturated heterocycles. The molecule has 1 N–H and O–H groups in total. The maximum absolute atomic E-state index is 3.61. The molecular formula is C18H24INS. The fraction of sp³-hybridized carbons (Fsp3) is 0.444. The minimum absolute atomic E-state index is 0.225. The molecule has 0 bridgehead atoms. The van der Waals surface area contributed by atoms with Gasteiger partial charge in [0.05, 0.1) is 2.88 Å². The van der Waals surface area contributed by atoms with Gasteiger partial charge in [0.25, 0.3) is 0 Å². The van der Waals surface area contributed by atoms with Gasteiger partial charge in [-0.3, -0.25) is 0 Å². The predicted octanol–water partition coefficient (Wildman–Crippen LogP) is 5.54. The summed E-state index contributed by atoms with van der Waals surface area (Å²) < 4.78 is 1.36. The monoisotopic (exact) mass is 413 g/mol. The van der Waals surface area contributed by atoms with Crippen LogP contribution in [0, 0.1) is 2.88 Å². The standard InChI is InChI=1S/C18H24INS/c1-5-20-16(14-11-17(19)21-12-14)10-13-6-8-15(9-7-13)18(2,3)4/h6-9,11-12,16,20H,5,10H2,1-4H3. The summed E-state index contributed by atoms with van der Waals surface area (Å²) in [6, 6.07) is 11.8. The first-order valence-corrected chi connectivity index (χ1v) is 9.42. The lowest BCUT2D eigenvalue weighted by molar-refractivity contribution is 0.550. The number of rotatable bonds is 5. The molecule has 0 aliphatic heterocycles. The van der Waals surface area contributed by atoms with E-state index in [0.29, 0.717) is 6.04 Å². The second-order valence-corrected chi connectivity index (χ2v) is 9.25. The van der Waals surface area contributed by atoms with Crippen LogP contribution in [-0.2, 0) is 11.8 Å². The molecule has 0 fully saturated rings. The van der Waals surface area contributed by atoms with E-state index < -0.39 is 0 Å². The van der Waals surface area contributed by atoms with E-state index in [1.54, 1.807) is 0 Å². The second-order valence-electron chi connectivity index (χ2n) is 6.45. The summed E-state index contributed by atoms with van der Waals surface area (Å²) in [6.07, 6.45) is 1.05. The molecule has 3 heteroatoms. The molecule has 1 aromatic heterocycles. The number of thiophene rings is 1. The van der Waals surface area contributed by atoms with Gasteiger partial charge < -0.3 is 5.32 Å². The van der Waals surface area contributed by atoms with Crippen LogP contribution >= 0.6 is 33.9 Å². The van der Waals surface area contributed by atoms with Crippen molar-refractivity contribution in [1.29, 1.82) is 0 Å². The lowest BCUT2D eigenvalue weighted by Crippen LogP contribution is -2.22. The first-order valence-electron chi connectivity index (χ1n) is 7.47. The minimum atomic E-state index is 0.225. The number of halogens is 1. The molecule has 21 heavy (non-hydrogen) atoms. The van der Waals surface area contributed by atoms with Crippen molar-refractivity contribution in [1.82, 2.24) is 5.32 Å². The van der Waals surface area contributed by atoms with E-state index in [2.05, 4.69) is 91.3 Å². The summed E-state index contributed by atoms with van der Waals surface area (Å²) in [4.78, 5) is 0. The van der Waals surface area contributed by atoms with Crippen molar-refractivity contribution in [2.45, 2.75) is 45.6 Å². The van der Waals surface area contributed by atoms with Crippen molar-refractivity contribution in [2.75, 3.05) is 6.54 Å². The van der Waals surface area contributed by atoms with Gasteiger partial charge in [-0.25, -0.2) is 0 Å². The van der Waals surface area contributed by atoms with Gasteiger partial charge in [-0.2, -0.15) is 0 Å². The highest BCUT2D eigenvalue weighted by atomic mass is 127. The molecule has 0 spiro atoms. The summed E-state index contributed by atoms with van der Waals surface area (Å²) in [5.74, 6) is 0. The van der Waals surface area contributed by atoms with Crippen molar-refractivity contribution < 1.29 is 0 Å². The van der Waals surface area contributed by atoms with E-state index in [4.69, 9.17) is 0 Å². The molecule has 1 heterocycles. The van der Waals surface area contributed by atoms with E-state index in [9.17, 15) is 0 Å². The number of likely N-dealkylation sites (N-methyl/N-ethyl adjacent to an activating group) is 1. The lowest BCUT2D eigenvalue weighted by atomic mass is 9.86. The third kappa shape index (κ3) is 4.80. The van der Waals surface area contributed by atoms with Crippen molar-refractivity contribution in [3.05, 3.63) is 55.3 Å². The lowest BCUT2D eigenvalue weighted by Gasteiger charge is -2.20. The molecule has 114 valence electrons. The fourth-order valence-corrected chi connectivity index (χ4v) is 3.86. The number of nitrogens with one attached hydrogen (secondary N) is 1. The Kier molecular flexibility index (Phi) is 5.86. The molecule has 1 unspecified atom stereocenters. The Morgan fingerprint density at radius 2 is 1.86 bits per heavy atom. The van der Waals surface area contributed by atoms with E-state index >= 15 is 0 Å². The number of benzene rings is 1. The van der Waals surface area contributed by atoms with Crippen LogP contribution in [0.5, 0.6) is 0 Å². The first-order chi connectivity index (χ1) is 9.90. The Hall–Kier alpha value is -0.390. The summed E-state index contributed by atoms with van der Waals surface area (Å²) >= 11 is 4.22. The molecule has 0 aliphatic rings. The van der Waals surface area contributed by atoms with Crippen LogP contribution < -0.4 is 5.32 Å². The van der Waals surface area contributed by atoms with Gasteiger partial charge in [-0.1, -0.05) is 52.0 Å². The predicted molar refractivity (Wildman–Crippen MR) is 102 cm³/mol. The Morgan fingerprint density at radius 3 is 2.33 bits per heavy atom. The Labute approximate surface area is 146 Å².